The fourth-order valence-electron chi connectivity index (χ4n) is 3.63. The monoisotopic (exact) mass is 430 g/mol. The van der Waals surface area contributed by atoms with Gasteiger partial charge >= 0.3 is 0 Å². The molecular weight excluding hydrogens is 408 g/mol. The molecule has 4 rings (SSSR count). The lowest BCUT2D eigenvalue weighted by Gasteiger charge is -2.27. The number of hydrogen-bond donors (Lipinski definition) is 1. The molecule has 0 unspecified atom stereocenters. The summed E-state index contributed by atoms with van der Waals surface area (Å²) in [7, 11) is -0.729. The summed E-state index contributed by atoms with van der Waals surface area (Å²) in [6, 6.07) is 18.8. The number of aromatic nitrogens is 1. The Balaban J connectivity index is 1.49. The van der Waals surface area contributed by atoms with E-state index in [0.29, 0.717) is 28.3 Å². The first-order valence-electron chi connectivity index (χ1n) is 10.0. The number of nitriles is 1. The second-order valence-electron chi connectivity index (χ2n) is 7.36. The maximum Gasteiger partial charge on any atom is 0.255 e. The molecule has 1 fully saturated rings. The van der Waals surface area contributed by atoms with Crippen molar-refractivity contribution in [3.63, 3.8) is 0 Å². The molecule has 1 N–H and O–H groups in total. The molecule has 1 aliphatic heterocycles. The molecule has 7 heteroatoms. The summed E-state index contributed by atoms with van der Waals surface area (Å²) in [5.41, 5.74) is 4.59. The number of rotatable bonds is 4. The van der Waals surface area contributed by atoms with Crippen LogP contribution in [-0.2, 0) is 10.8 Å². The Bertz CT molecular complexity index is 1160. The average Bonchev–Trinajstić information content (AvgIpc) is 2.80. The van der Waals surface area contributed by atoms with Crippen molar-refractivity contribution in [2.24, 2.45) is 0 Å². The van der Waals surface area contributed by atoms with Crippen molar-refractivity contribution in [2.45, 2.75) is 6.92 Å². The Morgan fingerprint density at radius 1 is 1.10 bits per heavy atom. The van der Waals surface area contributed by atoms with Crippen LogP contribution in [0.25, 0.3) is 11.1 Å². The summed E-state index contributed by atoms with van der Waals surface area (Å²) < 4.78 is 11.5. The maximum atomic E-state index is 12.9. The van der Waals surface area contributed by atoms with Gasteiger partial charge in [-0.2, -0.15) is 5.26 Å². The van der Waals surface area contributed by atoms with Gasteiger partial charge in [0, 0.05) is 41.0 Å². The SMILES string of the molecule is Cc1c(C(=O)Nc2ccc(N3CCS(=O)CC3)nc2)cccc1-c1ccc(C#N)cc1. The molecule has 31 heavy (non-hydrogen) atoms. The van der Waals surface area contributed by atoms with Gasteiger partial charge in [-0.15, -0.1) is 0 Å². The fraction of sp³-hybridized carbons (Fsp3) is 0.208. The van der Waals surface area contributed by atoms with Gasteiger partial charge in [0.25, 0.3) is 5.91 Å². The van der Waals surface area contributed by atoms with Crippen LogP contribution in [0.3, 0.4) is 0 Å². The predicted octanol–water partition coefficient (Wildman–Crippen LogP) is 3.75. The van der Waals surface area contributed by atoms with Gasteiger partial charge in [-0.25, -0.2) is 4.98 Å². The molecule has 0 atom stereocenters. The molecule has 3 aromatic rings. The number of nitrogens with zero attached hydrogens (tertiary/aromatic N) is 3. The van der Waals surface area contributed by atoms with Gasteiger partial charge in [-0.3, -0.25) is 9.00 Å². The van der Waals surface area contributed by atoms with Crippen molar-refractivity contribution >= 4 is 28.2 Å². The van der Waals surface area contributed by atoms with E-state index < -0.39 is 10.8 Å². The maximum absolute atomic E-state index is 12.9. The zero-order valence-corrected chi connectivity index (χ0v) is 18.0. The number of benzene rings is 2. The van der Waals surface area contributed by atoms with Gasteiger partial charge in [0.15, 0.2) is 0 Å². The summed E-state index contributed by atoms with van der Waals surface area (Å²) >= 11 is 0. The minimum absolute atomic E-state index is 0.198. The van der Waals surface area contributed by atoms with E-state index in [1.807, 2.05) is 43.3 Å². The first kappa shape index (κ1) is 20.8. The van der Waals surface area contributed by atoms with Crippen molar-refractivity contribution in [1.82, 2.24) is 4.98 Å². The number of anilines is 2. The lowest BCUT2D eigenvalue weighted by molar-refractivity contribution is 0.102. The Kier molecular flexibility index (Phi) is 6.10. The van der Waals surface area contributed by atoms with Gasteiger partial charge in [0.2, 0.25) is 0 Å². The van der Waals surface area contributed by atoms with Crippen LogP contribution in [-0.4, -0.2) is 39.7 Å². The summed E-state index contributed by atoms with van der Waals surface area (Å²) in [6.07, 6.45) is 1.65. The largest absolute Gasteiger partial charge is 0.355 e. The quantitative estimate of drug-likeness (QED) is 0.681. The molecule has 1 aliphatic rings. The molecule has 1 amide bonds. The Morgan fingerprint density at radius 3 is 2.48 bits per heavy atom. The summed E-state index contributed by atoms with van der Waals surface area (Å²) in [4.78, 5) is 19.5. The first-order chi connectivity index (χ1) is 15.0. The molecule has 6 nitrogen and oxygen atoms in total. The highest BCUT2D eigenvalue weighted by atomic mass is 32.2. The van der Waals surface area contributed by atoms with Gasteiger partial charge in [-0.05, 0) is 53.9 Å². The van der Waals surface area contributed by atoms with Crippen LogP contribution in [0.5, 0.6) is 0 Å². The molecule has 2 heterocycles. The van der Waals surface area contributed by atoms with Crippen LogP contribution >= 0.6 is 0 Å². The van der Waals surface area contributed by atoms with E-state index >= 15 is 0 Å². The van der Waals surface area contributed by atoms with Crippen molar-refractivity contribution < 1.29 is 9.00 Å². The molecule has 0 saturated carbocycles. The molecule has 0 bridgehead atoms. The van der Waals surface area contributed by atoms with Crippen LogP contribution in [0.2, 0.25) is 0 Å². The Hall–Kier alpha value is -3.50. The van der Waals surface area contributed by atoms with Gasteiger partial charge in [0.1, 0.15) is 5.82 Å². The second-order valence-corrected chi connectivity index (χ2v) is 9.06. The van der Waals surface area contributed by atoms with E-state index in [-0.39, 0.29) is 5.91 Å². The van der Waals surface area contributed by atoms with E-state index in [0.717, 1.165) is 35.6 Å². The summed E-state index contributed by atoms with van der Waals surface area (Å²) in [5.74, 6) is 1.95. The number of pyridine rings is 1. The lowest BCUT2D eigenvalue weighted by atomic mass is 9.95. The highest BCUT2D eigenvalue weighted by Gasteiger charge is 2.17. The van der Waals surface area contributed by atoms with Crippen LogP contribution in [0.4, 0.5) is 11.5 Å². The molecular formula is C24H22N4O2S. The fourth-order valence-corrected chi connectivity index (χ4v) is 4.68. The molecule has 1 aromatic heterocycles. The molecule has 156 valence electrons. The molecule has 2 aromatic carbocycles. The van der Waals surface area contributed by atoms with E-state index in [1.54, 1.807) is 24.4 Å². The van der Waals surface area contributed by atoms with Gasteiger partial charge in [-0.1, -0.05) is 24.3 Å². The average molecular weight is 431 g/mol. The van der Waals surface area contributed by atoms with E-state index in [2.05, 4.69) is 21.3 Å². The van der Waals surface area contributed by atoms with Crippen molar-refractivity contribution in [1.29, 1.82) is 5.26 Å². The van der Waals surface area contributed by atoms with Crippen molar-refractivity contribution in [2.75, 3.05) is 34.8 Å². The minimum Gasteiger partial charge on any atom is -0.355 e. The third-order valence-corrected chi connectivity index (χ3v) is 6.69. The molecule has 0 radical (unpaired) electrons. The highest BCUT2D eigenvalue weighted by molar-refractivity contribution is 7.85. The van der Waals surface area contributed by atoms with Gasteiger partial charge < -0.3 is 10.2 Å². The smallest absolute Gasteiger partial charge is 0.255 e. The Morgan fingerprint density at radius 2 is 1.84 bits per heavy atom. The zero-order valence-electron chi connectivity index (χ0n) is 17.2. The molecule has 0 aliphatic carbocycles. The number of nitrogens with one attached hydrogen (secondary N) is 1. The number of carbonyl (C=O) groups excluding carboxylic acids is 1. The minimum atomic E-state index is -0.729. The molecule has 0 spiro atoms. The molecule has 1 saturated heterocycles. The number of carbonyl (C=O) groups is 1. The predicted molar refractivity (Wildman–Crippen MR) is 124 cm³/mol. The van der Waals surface area contributed by atoms with Crippen LogP contribution in [0, 0.1) is 18.3 Å². The van der Waals surface area contributed by atoms with Crippen LogP contribution < -0.4 is 10.2 Å². The first-order valence-corrected chi connectivity index (χ1v) is 11.5. The van der Waals surface area contributed by atoms with Crippen molar-refractivity contribution in [3.05, 3.63) is 77.5 Å². The second kappa shape index (κ2) is 9.11. The van der Waals surface area contributed by atoms with E-state index in [1.165, 1.54) is 0 Å². The Labute approximate surface area is 184 Å². The van der Waals surface area contributed by atoms with E-state index in [9.17, 15) is 9.00 Å². The van der Waals surface area contributed by atoms with Crippen molar-refractivity contribution in [3.8, 4) is 17.2 Å². The zero-order chi connectivity index (χ0) is 21.8. The summed E-state index contributed by atoms with van der Waals surface area (Å²) in [5, 5.41) is 11.9. The van der Waals surface area contributed by atoms with Crippen LogP contribution in [0.15, 0.2) is 60.8 Å². The summed E-state index contributed by atoms with van der Waals surface area (Å²) in [6.45, 7) is 3.38. The number of amides is 1. The lowest BCUT2D eigenvalue weighted by Crippen LogP contribution is -2.38. The third-order valence-electron chi connectivity index (χ3n) is 5.41. The third kappa shape index (κ3) is 4.65. The standard InChI is InChI=1S/C24H22N4O2S/c1-17-21(19-7-5-18(15-25)6-8-19)3-2-4-22(17)24(29)27-20-9-10-23(26-16-20)28-11-13-31(30)14-12-28/h2-10,16H,11-14H2,1H3,(H,27,29). The topological polar surface area (TPSA) is 86.1 Å². The van der Waals surface area contributed by atoms with Gasteiger partial charge in [0.05, 0.1) is 23.5 Å². The number of hydrogen-bond acceptors (Lipinski definition) is 5. The van der Waals surface area contributed by atoms with Crippen LogP contribution in [0.1, 0.15) is 21.5 Å². The van der Waals surface area contributed by atoms with E-state index in [4.69, 9.17) is 5.26 Å². The highest BCUT2D eigenvalue weighted by Crippen LogP contribution is 2.27. The normalized spacial score (nSPS) is 14.1.